The summed E-state index contributed by atoms with van der Waals surface area (Å²) in [4.78, 5) is 28.7. The molecule has 0 atom stereocenters. The van der Waals surface area contributed by atoms with Gasteiger partial charge in [0.1, 0.15) is 11.4 Å². The van der Waals surface area contributed by atoms with Gasteiger partial charge in [-0.3, -0.25) is 4.79 Å². The van der Waals surface area contributed by atoms with Gasteiger partial charge in [0.2, 0.25) is 5.43 Å². The lowest BCUT2D eigenvalue weighted by molar-refractivity contribution is -0.0936. The summed E-state index contributed by atoms with van der Waals surface area (Å²) in [5, 5.41) is 20.3. The van der Waals surface area contributed by atoms with Crippen LogP contribution in [0.2, 0.25) is 0 Å². The van der Waals surface area contributed by atoms with Gasteiger partial charge in [0.25, 0.3) is 0 Å². The molecule has 0 bridgehead atoms. The molecule has 2 aromatic rings. The van der Waals surface area contributed by atoms with Gasteiger partial charge in [0.05, 0.1) is 5.52 Å². The summed E-state index contributed by atoms with van der Waals surface area (Å²) in [6.07, 6.45) is 0. The number of aromatic nitrogens is 1. The normalized spacial score (nSPS) is 16.3. The van der Waals surface area contributed by atoms with Crippen LogP contribution in [0, 0.1) is 0 Å². The van der Waals surface area contributed by atoms with E-state index in [2.05, 4.69) is 4.98 Å². The highest BCUT2D eigenvalue weighted by Gasteiger charge is 2.24. The Hall–Kier alpha value is -2.38. The molecular formula is C14H15N3O4. The number of fused-ring (bicyclic) bond motifs is 1. The lowest BCUT2D eigenvalue weighted by Gasteiger charge is -2.33. The minimum absolute atomic E-state index is 0.250. The largest absolute Gasteiger partial charge is 0.477 e. The van der Waals surface area contributed by atoms with Crippen LogP contribution >= 0.6 is 0 Å². The average Bonchev–Trinajstić information content (AvgIpc) is 2.47. The first-order valence-corrected chi connectivity index (χ1v) is 6.65. The molecular weight excluding hydrogens is 274 g/mol. The second-order valence-corrected chi connectivity index (χ2v) is 4.97. The molecule has 110 valence electrons. The molecule has 3 N–H and O–H groups in total. The van der Waals surface area contributed by atoms with Crippen LogP contribution in [0.5, 0.6) is 0 Å². The Morgan fingerprint density at radius 2 is 1.81 bits per heavy atom. The number of nitrogens with one attached hydrogen (secondary N) is 1. The number of nitrogens with zero attached hydrogens (tertiary/aromatic N) is 2. The van der Waals surface area contributed by atoms with E-state index in [1.54, 1.807) is 29.2 Å². The van der Waals surface area contributed by atoms with Crippen molar-refractivity contribution in [3.05, 3.63) is 40.1 Å². The highest BCUT2D eigenvalue weighted by molar-refractivity contribution is 5.98. The number of piperazine rings is 1. The Morgan fingerprint density at radius 3 is 2.48 bits per heavy atom. The Labute approximate surface area is 120 Å². The number of benzene rings is 1. The van der Waals surface area contributed by atoms with E-state index in [-0.39, 0.29) is 5.56 Å². The molecule has 0 radical (unpaired) electrons. The zero-order valence-corrected chi connectivity index (χ0v) is 11.2. The van der Waals surface area contributed by atoms with Gasteiger partial charge in [-0.2, -0.15) is 5.06 Å². The first kappa shape index (κ1) is 13.6. The maximum Gasteiger partial charge on any atom is 0.343 e. The van der Waals surface area contributed by atoms with Crippen LogP contribution in [0.15, 0.2) is 29.1 Å². The van der Waals surface area contributed by atoms with Crippen LogP contribution in [-0.4, -0.2) is 52.5 Å². The number of hydrogen-bond donors (Lipinski definition) is 3. The van der Waals surface area contributed by atoms with Gasteiger partial charge < -0.3 is 20.2 Å². The monoisotopic (exact) mass is 289 g/mol. The summed E-state index contributed by atoms with van der Waals surface area (Å²) in [6, 6.07) is 6.84. The molecule has 1 aliphatic heterocycles. The van der Waals surface area contributed by atoms with Gasteiger partial charge in [-0.25, -0.2) is 4.79 Å². The Morgan fingerprint density at radius 1 is 1.14 bits per heavy atom. The minimum atomic E-state index is -1.25. The van der Waals surface area contributed by atoms with Crippen LogP contribution in [0.25, 0.3) is 10.9 Å². The average molecular weight is 289 g/mol. The standard InChI is InChI=1S/C14H15N3O4/c18-12-9-3-1-2-4-10(9)15-13(11(12)14(19)20)16-5-7-17(21)8-6-16/h1-4,21H,5-8H2,(H,15,18)(H,19,20). The molecule has 1 saturated heterocycles. The van der Waals surface area contributed by atoms with E-state index < -0.39 is 11.4 Å². The van der Waals surface area contributed by atoms with Crippen molar-refractivity contribution in [2.24, 2.45) is 0 Å². The Bertz CT molecular complexity index is 747. The molecule has 21 heavy (non-hydrogen) atoms. The number of rotatable bonds is 2. The quantitative estimate of drug-likeness (QED) is 0.754. The number of carbonyl (C=O) groups is 1. The fraction of sp³-hybridized carbons (Fsp3) is 0.286. The van der Waals surface area contributed by atoms with E-state index in [9.17, 15) is 19.9 Å². The van der Waals surface area contributed by atoms with E-state index in [0.29, 0.717) is 42.9 Å². The van der Waals surface area contributed by atoms with Crippen molar-refractivity contribution in [3.63, 3.8) is 0 Å². The van der Waals surface area contributed by atoms with Crippen LogP contribution in [0.3, 0.4) is 0 Å². The first-order valence-electron chi connectivity index (χ1n) is 6.65. The predicted molar refractivity (Wildman–Crippen MR) is 77.1 cm³/mol. The number of carboxylic acid groups (broad SMARTS) is 1. The van der Waals surface area contributed by atoms with Crippen molar-refractivity contribution in [1.82, 2.24) is 10.0 Å². The molecule has 0 spiro atoms. The smallest absolute Gasteiger partial charge is 0.343 e. The van der Waals surface area contributed by atoms with Gasteiger partial charge in [0, 0.05) is 31.6 Å². The van der Waals surface area contributed by atoms with Crippen molar-refractivity contribution in [2.45, 2.75) is 0 Å². The summed E-state index contributed by atoms with van der Waals surface area (Å²) in [5.41, 5.74) is -0.132. The SMILES string of the molecule is O=C(O)c1c(N2CCN(O)CC2)[nH]c2ccccc2c1=O. The lowest BCUT2D eigenvalue weighted by atomic mass is 10.1. The number of aromatic amines is 1. The van der Waals surface area contributed by atoms with Crippen molar-refractivity contribution in [3.8, 4) is 0 Å². The number of carboxylic acids is 1. The molecule has 1 aromatic heterocycles. The van der Waals surface area contributed by atoms with Crippen LogP contribution in [0.4, 0.5) is 5.82 Å². The topological polar surface area (TPSA) is 96.9 Å². The van der Waals surface area contributed by atoms with Crippen molar-refractivity contribution in [2.75, 3.05) is 31.1 Å². The second kappa shape index (κ2) is 5.19. The third kappa shape index (κ3) is 2.37. The van der Waals surface area contributed by atoms with Gasteiger partial charge in [-0.1, -0.05) is 12.1 Å². The van der Waals surface area contributed by atoms with Gasteiger partial charge in [0.15, 0.2) is 0 Å². The fourth-order valence-corrected chi connectivity index (χ4v) is 2.58. The van der Waals surface area contributed by atoms with E-state index in [0.717, 1.165) is 0 Å². The van der Waals surface area contributed by atoms with E-state index >= 15 is 0 Å². The van der Waals surface area contributed by atoms with Crippen molar-refractivity contribution in [1.29, 1.82) is 0 Å². The number of hydroxylamine groups is 2. The first-order chi connectivity index (χ1) is 10.1. The summed E-state index contributed by atoms with van der Waals surface area (Å²) in [7, 11) is 0. The van der Waals surface area contributed by atoms with E-state index in [1.165, 1.54) is 5.06 Å². The van der Waals surface area contributed by atoms with Gasteiger partial charge in [-0.05, 0) is 12.1 Å². The maximum absolute atomic E-state index is 12.4. The minimum Gasteiger partial charge on any atom is -0.477 e. The highest BCUT2D eigenvalue weighted by Crippen LogP contribution is 2.20. The van der Waals surface area contributed by atoms with E-state index in [1.807, 2.05) is 0 Å². The molecule has 3 rings (SSSR count). The summed E-state index contributed by atoms with van der Waals surface area (Å²) >= 11 is 0. The number of aromatic carboxylic acids is 1. The molecule has 1 fully saturated rings. The summed E-state index contributed by atoms with van der Waals surface area (Å²) in [6.45, 7) is 1.69. The zero-order valence-electron chi connectivity index (χ0n) is 11.2. The highest BCUT2D eigenvalue weighted by atomic mass is 16.5. The molecule has 0 aliphatic carbocycles. The molecule has 0 amide bonds. The van der Waals surface area contributed by atoms with Crippen molar-refractivity contribution < 1.29 is 15.1 Å². The zero-order chi connectivity index (χ0) is 15.0. The van der Waals surface area contributed by atoms with Crippen LogP contribution in [-0.2, 0) is 0 Å². The Balaban J connectivity index is 2.18. The predicted octanol–water partition coefficient (Wildman–Crippen LogP) is 0.737. The van der Waals surface area contributed by atoms with E-state index in [4.69, 9.17) is 0 Å². The fourth-order valence-electron chi connectivity index (χ4n) is 2.58. The second-order valence-electron chi connectivity index (χ2n) is 4.97. The number of pyridine rings is 1. The molecule has 0 unspecified atom stereocenters. The van der Waals surface area contributed by atoms with Crippen LogP contribution < -0.4 is 10.3 Å². The molecule has 1 aliphatic rings. The lowest BCUT2D eigenvalue weighted by Crippen LogP contribution is -2.46. The molecule has 7 heteroatoms. The molecule has 0 saturated carbocycles. The molecule has 2 heterocycles. The number of anilines is 1. The summed E-state index contributed by atoms with van der Waals surface area (Å²) in [5.74, 6) is -0.942. The number of hydrogen-bond acceptors (Lipinski definition) is 5. The number of H-pyrrole nitrogens is 1. The third-order valence-corrected chi connectivity index (χ3v) is 3.67. The molecule has 1 aromatic carbocycles. The summed E-state index contributed by atoms with van der Waals surface area (Å²) < 4.78 is 0. The Kier molecular flexibility index (Phi) is 3.36. The van der Waals surface area contributed by atoms with Gasteiger partial charge >= 0.3 is 5.97 Å². The van der Waals surface area contributed by atoms with Crippen molar-refractivity contribution >= 4 is 22.7 Å². The van der Waals surface area contributed by atoms with Gasteiger partial charge in [-0.15, -0.1) is 0 Å². The number of para-hydroxylation sites is 1. The third-order valence-electron chi connectivity index (χ3n) is 3.67. The molecule has 7 nitrogen and oxygen atoms in total. The van der Waals surface area contributed by atoms with Crippen LogP contribution in [0.1, 0.15) is 10.4 Å². The maximum atomic E-state index is 12.4.